The molecule has 2 amide bonds. The smallest absolute Gasteiger partial charge is 0.326 e. The quantitative estimate of drug-likeness (QED) is 0.582. The number of nitrogens with one attached hydrogen (secondary N) is 1. The first-order valence-electron chi connectivity index (χ1n) is 7.87. The monoisotopic (exact) mass is 345 g/mol. The summed E-state index contributed by atoms with van der Waals surface area (Å²) in [5, 5.41) is 11.9. The van der Waals surface area contributed by atoms with Gasteiger partial charge in [0, 0.05) is 6.54 Å². The fourth-order valence-corrected chi connectivity index (χ4v) is 3.11. The van der Waals surface area contributed by atoms with Crippen LogP contribution in [0.4, 0.5) is 0 Å². The molecule has 1 aliphatic rings. The third-order valence-corrected chi connectivity index (χ3v) is 4.67. The van der Waals surface area contributed by atoms with Crippen molar-refractivity contribution in [3.8, 4) is 0 Å². The molecule has 0 radical (unpaired) electrons. The van der Waals surface area contributed by atoms with Gasteiger partial charge in [0.1, 0.15) is 12.1 Å². The van der Waals surface area contributed by atoms with Crippen LogP contribution in [0.3, 0.4) is 0 Å². The Kier molecular flexibility index (Phi) is 7.84. The van der Waals surface area contributed by atoms with Crippen LogP contribution in [-0.4, -0.2) is 64.5 Å². The van der Waals surface area contributed by atoms with Gasteiger partial charge in [-0.25, -0.2) is 4.79 Å². The first kappa shape index (κ1) is 19.8. The SMILES string of the molecule is CSCC[C@H](N)C(=O)N[C@H](C(=O)N1CCC[C@@H]1C(=O)O)C(C)C. The van der Waals surface area contributed by atoms with E-state index >= 15 is 0 Å². The minimum absolute atomic E-state index is 0.144. The van der Waals surface area contributed by atoms with Gasteiger partial charge in [0.2, 0.25) is 11.8 Å². The minimum Gasteiger partial charge on any atom is -0.480 e. The molecule has 1 saturated heterocycles. The summed E-state index contributed by atoms with van der Waals surface area (Å²) < 4.78 is 0. The zero-order chi connectivity index (χ0) is 17.6. The summed E-state index contributed by atoms with van der Waals surface area (Å²) >= 11 is 1.60. The lowest BCUT2D eigenvalue weighted by molar-refractivity contribution is -0.150. The highest BCUT2D eigenvalue weighted by molar-refractivity contribution is 7.98. The molecule has 1 heterocycles. The molecule has 23 heavy (non-hydrogen) atoms. The Morgan fingerprint density at radius 3 is 2.57 bits per heavy atom. The molecule has 1 fully saturated rings. The molecule has 1 rings (SSSR count). The Hall–Kier alpha value is -1.28. The molecule has 0 aliphatic carbocycles. The molecule has 0 aromatic heterocycles. The Balaban J connectivity index is 2.76. The molecule has 0 bridgehead atoms. The van der Waals surface area contributed by atoms with E-state index in [9.17, 15) is 19.5 Å². The van der Waals surface area contributed by atoms with E-state index in [1.165, 1.54) is 4.90 Å². The third kappa shape index (κ3) is 5.39. The highest BCUT2D eigenvalue weighted by atomic mass is 32.2. The molecule has 0 saturated carbocycles. The molecule has 3 atom stereocenters. The lowest BCUT2D eigenvalue weighted by atomic mass is 10.0. The summed E-state index contributed by atoms with van der Waals surface area (Å²) in [6, 6.07) is -2.21. The van der Waals surface area contributed by atoms with Crippen LogP contribution in [0, 0.1) is 5.92 Å². The van der Waals surface area contributed by atoms with Gasteiger partial charge in [0.05, 0.1) is 6.04 Å². The number of carbonyl (C=O) groups is 3. The van der Waals surface area contributed by atoms with Crippen molar-refractivity contribution >= 4 is 29.5 Å². The standard InChI is InChI=1S/C15H27N3O4S/c1-9(2)12(17-13(19)10(16)6-8-23-3)14(20)18-7-4-5-11(18)15(21)22/h9-12H,4-8,16H2,1-3H3,(H,17,19)(H,21,22)/t10-,11+,12-/m0/s1. The zero-order valence-corrected chi connectivity index (χ0v) is 14.8. The van der Waals surface area contributed by atoms with E-state index in [-0.39, 0.29) is 17.7 Å². The van der Waals surface area contributed by atoms with Crippen molar-refractivity contribution < 1.29 is 19.5 Å². The summed E-state index contributed by atoms with van der Waals surface area (Å²) in [5.41, 5.74) is 5.84. The Labute approximate surface area is 141 Å². The molecule has 0 aromatic carbocycles. The molecular formula is C15H27N3O4S. The number of rotatable bonds is 8. The lowest BCUT2D eigenvalue weighted by Crippen LogP contribution is -2.56. The van der Waals surface area contributed by atoms with E-state index in [1.807, 2.05) is 20.1 Å². The van der Waals surface area contributed by atoms with Crippen LogP contribution in [-0.2, 0) is 14.4 Å². The first-order valence-corrected chi connectivity index (χ1v) is 9.27. The number of amides is 2. The van der Waals surface area contributed by atoms with Crippen molar-refractivity contribution in [1.29, 1.82) is 0 Å². The van der Waals surface area contributed by atoms with Crippen molar-refractivity contribution in [2.24, 2.45) is 11.7 Å². The summed E-state index contributed by atoms with van der Waals surface area (Å²) in [5.74, 6) is -1.08. The maximum absolute atomic E-state index is 12.7. The number of nitrogens with two attached hydrogens (primary N) is 1. The van der Waals surface area contributed by atoms with Gasteiger partial charge in [-0.2, -0.15) is 11.8 Å². The lowest BCUT2D eigenvalue weighted by Gasteiger charge is -2.30. The van der Waals surface area contributed by atoms with Crippen LogP contribution in [0.5, 0.6) is 0 Å². The number of carbonyl (C=O) groups excluding carboxylic acids is 2. The average Bonchev–Trinajstić information content (AvgIpc) is 2.98. The van der Waals surface area contributed by atoms with Gasteiger partial charge in [-0.1, -0.05) is 13.8 Å². The molecule has 8 heteroatoms. The van der Waals surface area contributed by atoms with Crippen molar-refractivity contribution in [1.82, 2.24) is 10.2 Å². The van der Waals surface area contributed by atoms with E-state index in [1.54, 1.807) is 11.8 Å². The number of thioether (sulfide) groups is 1. The average molecular weight is 345 g/mol. The number of carboxylic acids is 1. The Bertz CT molecular complexity index is 444. The van der Waals surface area contributed by atoms with E-state index in [0.29, 0.717) is 25.8 Å². The first-order chi connectivity index (χ1) is 10.8. The molecule has 132 valence electrons. The molecule has 1 aliphatic heterocycles. The van der Waals surface area contributed by atoms with Crippen LogP contribution < -0.4 is 11.1 Å². The van der Waals surface area contributed by atoms with E-state index in [4.69, 9.17) is 5.73 Å². The highest BCUT2D eigenvalue weighted by Crippen LogP contribution is 2.20. The summed E-state index contributed by atoms with van der Waals surface area (Å²) in [6.45, 7) is 4.05. The van der Waals surface area contributed by atoms with Gasteiger partial charge in [0.25, 0.3) is 0 Å². The summed E-state index contributed by atoms with van der Waals surface area (Å²) in [4.78, 5) is 37.5. The minimum atomic E-state index is -0.999. The number of aliphatic carboxylic acids is 1. The molecule has 0 spiro atoms. The molecule has 7 nitrogen and oxygen atoms in total. The van der Waals surface area contributed by atoms with E-state index < -0.39 is 24.1 Å². The van der Waals surface area contributed by atoms with Crippen LogP contribution in [0.15, 0.2) is 0 Å². The van der Waals surface area contributed by atoms with Crippen molar-refractivity contribution in [2.75, 3.05) is 18.6 Å². The van der Waals surface area contributed by atoms with Crippen LogP contribution in [0.2, 0.25) is 0 Å². The number of hydrogen-bond donors (Lipinski definition) is 3. The van der Waals surface area contributed by atoms with Crippen molar-refractivity contribution in [2.45, 2.75) is 51.2 Å². The highest BCUT2D eigenvalue weighted by Gasteiger charge is 2.38. The number of nitrogens with zero attached hydrogens (tertiary/aromatic N) is 1. The largest absolute Gasteiger partial charge is 0.480 e. The normalized spacial score (nSPS) is 20.4. The molecule has 0 unspecified atom stereocenters. The van der Waals surface area contributed by atoms with Crippen LogP contribution in [0.1, 0.15) is 33.1 Å². The van der Waals surface area contributed by atoms with Gasteiger partial charge in [0.15, 0.2) is 0 Å². The van der Waals surface area contributed by atoms with Gasteiger partial charge < -0.3 is 21.1 Å². The maximum atomic E-state index is 12.7. The predicted octanol–water partition coefficient (Wildman–Crippen LogP) is 0.283. The fraction of sp³-hybridized carbons (Fsp3) is 0.800. The van der Waals surface area contributed by atoms with Gasteiger partial charge in [-0.05, 0) is 37.2 Å². The molecule has 4 N–H and O–H groups in total. The number of likely N-dealkylation sites (tertiary alicyclic amines) is 1. The molecule has 0 aromatic rings. The predicted molar refractivity (Wildman–Crippen MR) is 90.1 cm³/mol. The molecular weight excluding hydrogens is 318 g/mol. The maximum Gasteiger partial charge on any atom is 0.326 e. The summed E-state index contributed by atoms with van der Waals surface area (Å²) in [6.07, 6.45) is 3.58. The number of carboxylic acid groups (broad SMARTS) is 1. The van der Waals surface area contributed by atoms with Gasteiger partial charge >= 0.3 is 5.97 Å². The van der Waals surface area contributed by atoms with Crippen molar-refractivity contribution in [3.05, 3.63) is 0 Å². The Morgan fingerprint density at radius 1 is 1.39 bits per heavy atom. The Morgan fingerprint density at radius 2 is 2.04 bits per heavy atom. The van der Waals surface area contributed by atoms with E-state index in [2.05, 4.69) is 5.32 Å². The fourth-order valence-electron chi connectivity index (χ4n) is 2.62. The van der Waals surface area contributed by atoms with Crippen molar-refractivity contribution in [3.63, 3.8) is 0 Å². The second-order valence-electron chi connectivity index (χ2n) is 6.15. The van der Waals surface area contributed by atoms with Crippen LogP contribution >= 0.6 is 11.8 Å². The second-order valence-corrected chi connectivity index (χ2v) is 7.13. The topological polar surface area (TPSA) is 113 Å². The zero-order valence-electron chi connectivity index (χ0n) is 13.9. The second kappa shape index (κ2) is 9.12. The number of hydrogen-bond acceptors (Lipinski definition) is 5. The van der Waals surface area contributed by atoms with E-state index in [0.717, 1.165) is 5.75 Å². The van der Waals surface area contributed by atoms with Gasteiger partial charge in [-0.3, -0.25) is 9.59 Å². The van der Waals surface area contributed by atoms with Gasteiger partial charge in [-0.15, -0.1) is 0 Å². The summed E-state index contributed by atoms with van der Waals surface area (Å²) in [7, 11) is 0. The third-order valence-electron chi connectivity index (χ3n) is 4.02. The van der Waals surface area contributed by atoms with Crippen LogP contribution in [0.25, 0.3) is 0 Å².